The molecule has 0 spiro atoms. The van der Waals surface area contributed by atoms with Crippen LogP contribution in [0.5, 0.6) is 5.75 Å². The Labute approximate surface area is 165 Å². The fourth-order valence-corrected chi connectivity index (χ4v) is 3.37. The number of carbonyl (C=O) groups excluding carboxylic acids is 1. The molecule has 8 nitrogen and oxygen atoms in total. The Morgan fingerprint density at radius 3 is 2.75 bits per heavy atom. The molecule has 1 fully saturated rings. The van der Waals surface area contributed by atoms with E-state index in [1.165, 1.54) is 19.3 Å². The van der Waals surface area contributed by atoms with Gasteiger partial charge in [0.25, 0.3) is 0 Å². The van der Waals surface area contributed by atoms with Crippen molar-refractivity contribution in [2.24, 2.45) is 7.05 Å². The summed E-state index contributed by atoms with van der Waals surface area (Å²) in [5, 5.41) is 8.25. The Kier molecular flexibility index (Phi) is 6.84. The predicted octanol–water partition coefficient (Wildman–Crippen LogP) is 3.57. The zero-order valence-corrected chi connectivity index (χ0v) is 16.9. The van der Waals surface area contributed by atoms with Crippen molar-refractivity contribution in [1.82, 2.24) is 24.9 Å². The summed E-state index contributed by atoms with van der Waals surface area (Å²) in [6.07, 6.45) is 8.49. The largest absolute Gasteiger partial charge is 0.489 e. The highest BCUT2D eigenvalue weighted by atomic mass is 16.6. The Morgan fingerprint density at radius 2 is 2.07 bits per heavy atom. The van der Waals surface area contributed by atoms with Crippen LogP contribution < -0.4 is 4.74 Å². The fraction of sp³-hybridized carbons (Fsp3) is 0.600. The summed E-state index contributed by atoms with van der Waals surface area (Å²) in [7, 11) is 3.50. The molecule has 2 aromatic heterocycles. The highest BCUT2D eigenvalue weighted by molar-refractivity contribution is 5.67. The molecule has 1 amide bonds. The van der Waals surface area contributed by atoms with Gasteiger partial charge >= 0.3 is 6.09 Å². The number of ether oxygens (including phenoxy) is 2. The van der Waals surface area contributed by atoms with E-state index in [4.69, 9.17) is 9.47 Å². The van der Waals surface area contributed by atoms with Crippen LogP contribution in [0.25, 0.3) is 11.4 Å². The van der Waals surface area contributed by atoms with E-state index in [1.807, 2.05) is 19.1 Å². The van der Waals surface area contributed by atoms with Gasteiger partial charge in [-0.25, -0.2) is 9.48 Å². The SMILES string of the molecule is CCCN(C)C(=O)OCc1c(-c2ccc(OC3CCCCC3)cn2)nnn1C. The molecule has 0 atom stereocenters. The van der Waals surface area contributed by atoms with E-state index in [-0.39, 0.29) is 18.8 Å². The van der Waals surface area contributed by atoms with Crippen molar-refractivity contribution in [1.29, 1.82) is 0 Å². The van der Waals surface area contributed by atoms with Gasteiger partial charge in [-0.15, -0.1) is 5.10 Å². The van der Waals surface area contributed by atoms with Crippen molar-refractivity contribution in [3.8, 4) is 17.1 Å². The quantitative estimate of drug-likeness (QED) is 0.722. The van der Waals surface area contributed by atoms with Crippen molar-refractivity contribution < 1.29 is 14.3 Å². The van der Waals surface area contributed by atoms with Crippen molar-refractivity contribution in [3.63, 3.8) is 0 Å². The van der Waals surface area contributed by atoms with Gasteiger partial charge in [0.15, 0.2) is 0 Å². The highest BCUT2D eigenvalue weighted by Crippen LogP contribution is 2.25. The van der Waals surface area contributed by atoms with Crippen LogP contribution in [0.1, 0.15) is 51.1 Å². The fourth-order valence-electron chi connectivity index (χ4n) is 3.37. The first-order valence-corrected chi connectivity index (χ1v) is 9.98. The molecule has 152 valence electrons. The minimum atomic E-state index is -0.363. The average Bonchev–Trinajstić information content (AvgIpc) is 3.08. The lowest BCUT2D eigenvalue weighted by Gasteiger charge is -2.22. The normalized spacial score (nSPS) is 14.7. The maximum atomic E-state index is 12.0. The van der Waals surface area contributed by atoms with E-state index in [1.54, 1.807) is 29.9 Å². The monoisotopic (exact) mass is 387 g/mol. The second-order valence-electron chi connectivity index (χ2n) is 7.24. The standard InChI is InChI=1S/C20H29N5O3/c1-4-12-24(2)20(26)27-14-18-19(22-23-25(18)3)17-11-10-16(13-21-17)28-15-8-6-5-7-9-15/h10-11,13,15H,4-9,12,14H2,1-3H3. The molecule has 8 heteroatoms. The van der Waals surface area contributed by atoms with Gasteiger partial charge < -0.3 is 14.4 Å². The minimum absolute atomic E-state index is 0.0910. The second-order valence-corrected chi connectivity index (χ2v) is 7.24. The third-order valence-corrected chi connectivity index (χ3v) is 4.98. The van der Waals surface area contributed by atoms with Gasteiger partial charge in [-0.3, -0.25) is 4.98 Å². The lowest BCUT2D eigenvalue weighted by Crippen LogP contribution is -2.28. The molecule has 0 aliphatic heterocycles. The number of carbonyl (C=O) groups is 1. The van der Waals surface area contributed by atoms with Crippen LogP contribution >= 0.6 is 0 Å². The van der Waals surface area contributed by atoms with Crippen molar-refractivity contribution in [2.75, 3.05) is 13.6 Å². The molecule has 0 unspecified atom stereocenters. The Bertz CT molecular complexity index is 769. The van der Waals surface area contributed by atoms with Crippen LogP contribution in [0.3, 0.4) is 0 Å². The molecule has 1 saturated carbocycles. The van der Waals surface area contributed by atoms with E-state index in [0.29, 0.717) is 23.6 Å². The summed E-state index contributed by atoms with van der Waals surface area (Å²) < 4.78 is 13.0. The lowest BCUT2D eigenvalue weighted by atomic mass is 9.98. The zero-order valence-electron chi connectivity index (χ0n) is 16.9. The Morgan fingerprint density at radius 1 is 1.29 bits per heavy atom. The van der Waals surface area contributed by atoms with Gasteiger partial charge in [-0.1, -0.05) is 18.6 Å². The maximum Gasteiger partial charge on any atom is 0.409 e. The van der Waals surface area contributed by atoms with Crippen LogP contribution in [0.4, 0.5) is 4.79 Å². The second kappa shape index (κ2) is 9.52. The first kappa shape index (κ1) is 20.1. The van der Waals surface area contributed by atoms with Crippen LogP contribution in [0.15, 0.2) is 18.3 Å². The molecule has 0 saturated heterocycles. The summed E-state index contributed by atoms with van der Waals surface area (Å²) in [6, 6.07) is 3.78. The molecule has 2 heterocycles. The maximum absolute atomic E-state index is 12.0. The molecule has 3 rings (SSSR count). The summed E-state index contributed by atoms with van der Waals surface area (Å²) >= 11 is 0. The van der Waals surface area contributed by atoms with Gasteiger partial charge in [0.2, 0.25) is 0 Å². The average molecular weight is 387 g/mol. The molecule has 0 bridgehead atoms. The lowest BCUT2D eigenvalue weighted by molar-refractivity contribution is 0.103. The van der Waals surface area contributed by atoms with E-state index in [0.717, 1.165) is 25.0 Å². The van der Waals surface area contributed by atoms with Crippen LogP contribution in [0, 0.1) is 0 Å². The summed E-state index contributed by atoms with van der Waals surface area (Å²) in [5.74, 6) is 0.772. The molecule has 0 aromatic carbocycles. The van der Waals surface area contributed by atoms with Gasteiger partial charge in [-0.05, 0) is 44.2 Å². The third kappa shape index (κ3) is 4.99. The number of hydrogen-bond donors (Lipinski definition) is 0. The Balaban J connectivity index is 1.66. The number of hydrogen-bond acceptors (Lipinski definition) is 6. The minimum Gasteiger partial charge on any atom is -0.489 e. The van der Waals surface area contributed by atoms with Crippen LogP contribution in [-0.2, 0) is 18.4 Å². The van der Waals surface area contributed by atoms with Crippen molar-refractivity contribution in [2.45, 2.75) is 58.2 Å². The van der Waals surface area contributed by atoms with Crippen LogP contribution in [-0.4, -0.2) is 50.7 Å². The first-order chi connectivity index (χ1) is 13.6. The van der Waals surface area contributed by atoms with E-state index >= 15 is 0 Å². The molecule has 2 aromatic rings. The van der Waals surface area contributed by atoms with E-state index < -0.39 is 0 Å². The number of aryl methyl sites for hydroxylation is 1. The molecule has 1 aliphatic carbocycles. The molecule has 1 aliphatic rings. The van der Waals surface area contributed by atoms with E-state index in [9.17, 15) is 4.79 Å². The zero-order chi connectivity index (χ0) is 19.9. The van der Waals surface area contributed by atoms with Gasteiger partial charge in [-0.2, -0.15) is 0 Å². The number of rotatable bonds is 7. The number of aromatic nitrogens is 4. The van der Waals surface area contributed by atoms with Crippen LogP contribution in [0.2, 0.25) is 0 Å². The smallest absolute Gasteiger partial charge is 0.409 e. The molecule has 28 heavy (non-hydrogen) atoms. The number of amides is 1. The van der Waals surface area contributed by atoms with E-state index in [2.05, 4.69) is 15.3 Å². The van der Waals surface area contributed by atoms with Crippen molar-refractivity contribution in [3.05, 3.63) is 24.0 Å². The van der Waals surface area contributed by atoms with Gasteiger partial charge in [0, 0.05) is 20.6 Å². The van der Waals surface area contributed by atoms with Gasteiger partial charge in [0.1, 0.15) is 23.7 Å². The summed E-state index contributed by atoms with van der Waals surface area (Å²) in [6.45, 7) is 2.76. The molecular weight excluding hydrogens is 358 g/mol. The molecular formula is C20H29N5O3. The third-order valence-electron chi connectivity index (χ3n) is 4.98. The van der Waals surface area contributed by atoms with Crippen molar-refractivity contribution >= 4 is 6.09 Å². The Hall–Kier alpha value is -2.64. The number of nitrogens with zero attached hydrogens (tertiary/aromatic N) is 5. The number of pyridine rings is 1. The molecule has 0 N–H and O–H groups in total. The highest BCUT2D eigenvalue weighted by Gasteiger charge is 2.18. The van der Waals surface area contributed by atoms with Gasteiger partial charge in [0.05, 0.1) is 18.0 Å². The topological polar surface area (TPSA) is 82.4 Å². The predicted molar refractivity (Wildman–Crippen MR) is 105 cm³/mol. The summed E-state index contributed by atoms with van der Waals surface area (Å²) in [5.41, 5.74) is 1.99. The summed E-state index contributed by atoms with van der Waals surface area (Å²) in [4.78, 5) is 18.1. The first-order valence-electron chi connectivity index (χ1n) is 9.98. The molecule has 0 radical (unpaired) electrons.